The molecule has 0 saturated carbocycles. The highest BCUT2D eigenvalue weighted by Gasteiger charge is 2.12. The van der Waals surface area contributed by atoms with Crippen LogP contribution < -0.4 is 0 Å². The Bertz CT molecular complexity index is 417. The molecule has 0 bridgehead atoms. The number of nitrogens with zero attached hydrogens (tertiary/aromatic N) is 1. The molecule has 1 radical (unpaired) electrons. The third-order valence-electron chi connectivity index (χ3n) is 2.63. The van der Waals surface area contributed by atoms with E-state index in [4.69, 9.17) is 0 Å². The second-order valence-electron chi connectivity index (χ2n) is 3.53. The third-order valence-corrected chi connectivity index (χ3v) is 2.63. The van der Waals surface area contributed by atoms with Gasteiger partial charge in [0.15, 0.2) is 0 Å². The molecule has 13 heavy (non-hydrogen) atoms. The van der Waals surface area contributed by atoms with Crippen molar-refractivity contribution >= 4 is 10.9 Å². The van der Waals surface area contributed by atoms with Crippen LogP contribution in [0.15, 0.2) is 24.3 Å². The Morgan fingerprint density at radius 3 is 3.08 bits per heavy atom. The summed E-state index contributed by atoms with van der Waals surface area (Å²) < 4.78 is 0. The van der Waals surface area contributed by atoms with E-state index in [1.807, 2.05) is 12.1 Å². The van der Waals surface area contributed by atoms with E-state index in [1.54, 1.807) is 0 Å². The van der Waals surface area contributed by atoms with Crippen LogP contribution in [-0.2, 0) is 12.8 Å². The first-order valence-corrected chi connectivity index (χ1v) is 4.73. The average molecular weight is 168 g/mol. The molecule has 0 amide bonds. The topological polar surface area (TPSA) is 12.9 Å². The lowest BCUT2D eigenvalue weighted by Crippen LogP contribution is -1.89. The van der Waals surface area contributed by atoms with E-state index in [0.717, 1.165) is 23.7 Å². The summed E-state index contributed by atoms with van der Waals surface area (Å²) in [5.74, 6) is 0. The van der Waals surface area contributed by atoms with Crippen molar-refractivity contribution in [1.82, 2.24) is 4.98 Å². The van der Waals surface area contributed by atoms with Crippen molar-refractivity contribution in [2.75, 3.05) is 0 Å². The number of hydrogen-bond acceptors (Lipinski definition) is 1. The van der Waals surface area contributed by atoms with Gasteiger partial charge < -0.3 is 0 Å². The summed E-state index contributed by atoms with van der Waals surface area (Å²) in [7, 11) is 0. The first kappa shape index (κ1) is 7.07. The fourth-order valence-corrected chi connectivity index (χ4v) is 1.97. The number of rotatable bonds is 0. The van der Waals surface area contributed by atoms with Crippen LogP contribution in [0.4, 0.5) is 0 Å². The van der Waals surface area contributed by atoms with Crippen molar-refractivity contribution in [3.05, 3.63) is 41.6 Å². The Labute approximate surface area is 77.4 Å². The van der Waals surface area contributed by atoms with Crippen molar-refractivity contribution in [2.24, 2.45) is 0 Å². The normalized spacial score (nSPS) is 14.8. The lowest BCUT2D eigenvalue weighted by molar-refractivity contribution is 0.901. The van der Waals surface area contributed by atoms with Crippen LogP contribution in [0.3, 0.4) is 0 Å². The molecule has 1 aromatic heterocycles. The van der Waals surface area contributed by atoms with Crippen molar-refractivity contribution in [2.45, 2.75) is 19.3 Å². The van der Waals surface area contributed by atoms with E-state index < -0.39 is 0 Å². The summed E-state index contributed by atoms with van der Waals surface area (Å²) in [6.07, 6.45) is 3.54. The Morgan fingerprint density at radius 2 is 2.08 bits per heavy atom. The lowest BCUT2D eigenvalue weighted by Gasteiger charge is -2.00. The smallest absolute Gasteiger partial charge is 0.0711 e. The first-order valence-electron chi connectivity index (χ1n) is 4.73. The van der Waals surface area contributed by atoms with Gasteiger partial charge in [-0.3, -0.25) is 4.98 Å². The second-order valence-corrected chi connectivity index (χ2v) is 3.53. The zero-order valence-electron chi connectivity index (χ0n) is 7.38. The van der Waals surface area contributed by atoms with Crippen LogP contribution in [0.2, 0.25) is 0 Å². The van der Waals surface area contributed by atoms with Gasteiger partial charge in [0.1, 0.15) is 0 Å². The van der Waals surface area contributed by atoms with Gasteiger partial charge in [0.25, 0.3) is 0 Å². The third kappa shape index (κ3) is 1.04. The Hall–Kier alpha value is -1.37. The van der Waals surface area contributed by atoms with E-state index in [0.29, 0.717) is 0 Å². The first-order chi connectivity index (χ1) is 6.43. The van der Waals surface area contributed by atoms with E-state index in [1.165, 1.54) is 17.7 Å². The van der Waals surface area contributed by atoms with Crippen LogP contribution in [0, 0.1) is 6.07 Å². The minimum absolute atomic E-state index is 1.09. The largest absolute Gasteiger partial charge is 0.253 e. The predicted octanol–water partition coefficient (Wildman–Crippen LogP) is 2.52. The van der Waals surface area contributed by atoms with E-state index >= 15 is 0 Å². The van der Waals surface area contributed by atoms with Crippen LogP contribution in [0.1, 0.15) is 17.7 Å². The molecule has 1 aliphatic rings. The predicted molar refractivity (Wildman–Crippen MR) is 52.6 cm³/mol. The summed E-state index contributed by atoms with van der Waals surface area (Å²) in [6.45, 7) is 0. The summed E-state index contributed by atoms with van der Waals surface area (Å²) in [5, 5.41) is 1.16. The monoisotopic (exact) mass is 168 g/mol. The average Bonchev–Trinajstić information content (AvgIpc) is 2.61. The molecule has 1 heteroatoms. The maximum Gasteiger partial charge on any atom is 0.0711 e. The molecule has 0 N–H and O–H groups in total. The molecule has 1 heterocycles. The zero-order chi connectivity index (χ0) is 8.67. The number of para-hydroxylation sites is 1. The Kier molecular flexibility index (Phi) is 1.39. The summed E-state index contributed by atoms with van der Waals surface area (Å²) in [4.78, 5) is 4.62. The van der Waals surface area contributed by atoms with Crippen molar-refractivity contribution < 1.29 is 0 Å². The van der Waals surface area contributed by atoms with Gasteiger partial charge in [0.2, 0.25) is 0 Å². The molecule has 0 atom stereocenters. The van der Waals surface area contributed by atoms with Gasteiger partial charge in [-0.1, -0.05) is 18.2 Å². The maximum absolute atomic E-state index is 4.62. The van der Waals surface area contributed by atoms with E-state index in [2.05, 4.69) is 23.2 Å². The highest BCUT2D eigenvalue weighted by Crippen LogP contribution is 2.23. The fourth-order valence-electron chi connectivity index (χ4n) is 1.97. The molecule has 0 saturated heterocycles. The Balaban J connectivity index is 2.36. The minimum atomic E-state index is 1.09. The molecular weight excluding hydrogens is 158 g/mol. The van der Waals surface area contributed by atoms with Gasteiger partial charge in [0.05, 0.1) is 5.52 Å². The molecule has 3 rings (SSSR count). The molecule has 0 unspecified atom stereocenters. The molecule has 2 aromatic rings. The van der Waals surface area contributed by atoms with Gasteiger partial charge in [-0.05, 0) is 37.0 Å². The van der Waals surface area contributed by atoms with Crippen molar-refractivity contribution in [1.29, 1.82) is 0 Å². The van der Waals surface area contributed by atoms with Crippen LogP contribution in [-0.4, -0.2) is 4.98 Å². The van der Waals surface area contributed by atoms with Gasteiger partial charge >= 0.3 is 0 Å². The highest BCUT2D eigenvalue weighted by molar-refractivity contribution is 5.78. The number of aromatic nitrogens is 1. The van der Waals surface area contributed by atoms with E-state index in [9.17, 15) is 0 Å². The highest BCUT2D eigenvalue weighted by atomic mass is 14.7. The van der Waals surface area contributed by atoms with Crippen LogP contribution in [0.25, 0.3) is 10.9 Å². The number of fused-ring (bicyclic) bond motifs is 2. The second kappa shape index (κ2) is 2.56. The summed E-state index contributed by atoms with van der Waals surface area (Å²) >= 11 is 0. The number of benzene rings is 1. The molecule has 1 nitrogen and oxygen atoms in total. The van der Waals surface area contributed by atoms with Crippen molar-refractivity contribution in [3.8, 4) is 0 Å². The quantitative estimate of drug-likeness (QED) is 0.589. The maximum atomic E-state index is 4.62. The molecular formula is C12H10N. The lowest BCUT2D eigenvalue weighted by atomic mass is 10.1. The SMILES string of the molecule is [c]1c2c(nc3ccccc13)CCC2. The molecule has 0 spiro atoms. The number of pyridine rings is 1. The molecule has 0 aliphatic heterocycles. The molecule has 63 valence electrons. The fraction of sp³-hybridized carbons (Fsp3) is 0.250. The van der Waals surface area contributed by atoms with Crippen molar-refractivity contribution in [3.63, 3.8) is 0 Å². The molecule has 1 aliphatic carbocycles. The number of hydrogen-bond donors (Lipinski definition) is 0. The number of aryl methyl sites for hydroxylation is 2. The van der Waals surface area contributed by atoms with Gasteiger partial charge in [-0.25, -0.2) is 0 Å². The molecule has 1 aromatic carbocycles. The minimum Gasteiger partial charge on any atom is -0.253 e. The van der Waals surface area contributed by atoms with E-state index in [-0.39, 0.29) is 0 Å². The standard InChI is InChI=1S/C12H10N/c1-2-6-11-9(4-1)8-10-5-3-7-12(10)13-11/h1-2,4,6H,3,5,7H2. The molecule has 0 fully saturated rings. The van der Waals surface area contributed by atoms with Gasteiger partial charge in [-0.2, -0.15) is 0 Å². The van der Waals surface area contributed by atoms with Crippen LogP contribution in [0.5, 0.6) is 0 Å². The van der Waals surface area contributed by atoms with Gasteiger partial charge in [-0.15, -0.1) is 0 Å². The van der Waals surface area contributed by atoms with Crippen LogP contribution >= 0.6 is 0 Å². The zero-order valence-corrected chi connectivity index (χ0v) is 7.38. The Morgan fingerprint density at radius 1 is 1.15 bits per heavy atom. The summed E-state index contributed by atoms with van der Waals surface area (Å²) in [6, 6.07) is 11.7. The summed E-state index contributed by atoms with van der Waals surface area (Å²) in [5.41, 5.74) is 3.68. The van der Waals surface area contributed by atoms with Gasteiger partial charge in [0, 0.05) is 11.1 Å².